The molecule has 3 N–H and O–H groups in total. The third kappa shape index (κ3) is 5.16. The van der Waals surface area contributed by atoms with Gasteiger partial charge in [0.15, 0.2) is 0 Å². The van der Waals surface area contributed by atoms with Gasteiger partial charge in [-0.25, -0.2) is 4.79 Å². The minimum absolute atomic E-state index is 0.0514. The van der Waals surface area contributed by atoms with Gasteiger partial charge in [-0.3, -0.25) is 4.79 Å². The van der Waals surface area contributed by atoms with Gasteiger partial charge in [-0.2, -0.15) is 0 Å². The number of rotatable bonds is 5. The Kier molecular flexibility index (Phi) is 6.54. The number of likely N-dealkylation sites (tertiary alicyclic amines) is 1. The number of urea groups is 1. The first-order chi connectivity index (χ1) is 11.4. The Labute approximate surface area is 148 Å². The van der Waals surface area contributed by atoms with Crippen LogP contribution in [0.25, 0.3) is 0 Å². The van der Waals surface area contributed by atoms with Crippen LogP contribution in [-0.2, 0) is 4.79 Å². The molecule has 1 aliphatic rings. The summed E-state index contributed by atoms with van der Waals surface area (Å²) in [6.45, 7) is 7.48. The molecule has 0 spiro atoms. The van der Waals surface area contributed by atoms with E-state index in [0.29, 0.717) is 31.2 Å². The number of hydrogen-bond donors (Lipinski definition) is 2. The van der Waals surface area contributed by atoms with Crippen molar-refractivity contribution in [2.75, 3.05) is 13.1 Å². The first-order valence-corrected chi connectivity index (χ1v) is 9.36. The number of piperidine rings is 1. The number of nitrogens with one attached hydrogen (secondary N) is 1. The topological polar surface area (TPSA) is 75.4 Å². The predicted molar refractivity (Wildman–Crippen MR) is 97.9 cm³/mol. The fourth-order valence-corrected chi connectivity index (χ4v) is 3.67. The zero-order valence-electron chi connectivity index (χ0n) is 14.6. The van der Waals surface area contributed by atoms with Crippen LogP contribution in [0.3, 0.4) is 0 Å². The second-order valence-corrected chi connectivity index (χ2v) is 8.22. The van der Waals surface area contributed by atoms with E-state index >= 15 is 0 Å². The summed E-state index contributed by atoms with van der Waals surface area (Å²) in [6, 6.07) is 8.20. The molecular weight excluding hydrogens is 322 g/mol. The molecule has 0 saturated carbocycles. The molecule has 5 nitrogen and oxygen atoms in total. The molecule has 1 heterocycles. The molecule has 1 aromatic carbocycles. The zero-order chi connectivity index (χ0) is 17.7. The maximum atomic E-state index is 12.4. The van der Waals surface area contributed by atoms with Crippen LogP contribution < -0.4 is 11.1 Å². The van der Waals surface area contributed by atoms with Crippen molar-refractivity contribution in [3.05, 3.63) is 29.8 Å². The molecule has 1 aromatic rings. The van der Waals surface area contributed by atoms with E-state index < -0.39 is 0 Å². The molecule has 1 aliphatic heterocycles. The lowest BCUT2D eigenvalue weighted by atomic mass is 9.96. The van der Waals surface area contributed by atoms with Gasteiger partial charge in [0.1, 0.15) is 0 Å². The highest BCUT2D eigenvalue weighted by molar-refractivity contribution is 7.99. The van der Waals surface area contributed by atoms with Crippen LogP contribution >= 0.6 is 11.8 Å². The largest absolute Gasteiger partial charge is 0.369 e. The highest BCUT2D eigenvalue weighted by Crippen LogP contribution is 2.25. The summed E-state index contributed by atoms with van der Waals surface area (Å²) >= 11 is 1.82. The van der Waals surface area contributed by atoms with Crippen molar-refractivity contribution in [3.8, 4) is 0 Å². The number of nitrogens with two attached hydrogens (primary N) is 1. The van der Waals surface area contributed by atoms with Crippen molar-refractivity contribution < 1.29 is 9.59 Å². The molecule has 24 heavy (non-hydrogen) atoms. The van der Waals surface area contributed by atoms with Crippen LogP contribution in [0.15, 0.2) is 29.2 Å². The lowest BCUT2D eigenvalue weighted by Crippen LogP contribution is -2.46. The van der Waals surface area contributed by atoms with Crippen LogP contribution in [-0.4, -0.2) is 35.2 Å². The Morgan fingerprint density at radius 3 is 2.25 bits per heavy atom. The molecule has 1 saturated heterocycles. The zero-order valence-corrected chi connectivity index (χ0v) is 15.4. The summed E-state index contributed by atoms with van der Waals surface area (Å²) in [7, 11) is 0. The van der Waals surface area contributed by atoms with Gasteiger partial charge in [0.25, 0.3) is 0 Å². The van der Waals surface area contributed by atoms with Crippen molar-refractivity contribution in [2.45, 2.75) is 49.8 Å². The van der Waals surface area contributed by atoms with Crippen molar-refractivity contribution in [1.29, 1.82) is 0 Å². The number of primary amides is 1. The van der Waals surface area contributed by atoms with Crippen molar-refractivity contribution in [2.24, 2.45) is 11.7 Å². The molecule has 2 rings (SSSR count). The lowest BCUT2D eigenvalue weighted by Gasteiger charge is -2.31. The fourth-order valence-electron chi connectivity index (χ4n) is 2.83. The van der Waals surface area contributed by atoms with Gasteiger partial charge in [0, 0.05) is 29.2 Å². The Bertz CT molecular complexity index is 566. The average Bonchev–Trinajstić information content (AvgIpc) is 2.55. The first kappa shape index (κ1) is 18.6. The number of amides is 3. The maximum Gasteiger partial charge on any atom is 0.317 e. The Balaban J connectivity index is 1.86. The Morgan fingerprint density at radius 2 is 1.75 bits per heavy atom. The van der Waals surface area contributed by atoms with Gasteiger partial charge in [0.2, 0.25) is 5.91 Å². The maximum absolute atomic E-state index is 12.4. The molecule has 0 aromatic heterocycles. The average molecular weight is 350 g/mol. The highest BCUT2D eigenvalue weighted by Gasteiger charge is 2.26. The van der Waals surface area contributed by atoms with E-state index in [0.717, 1.165) is 5.56 Å². The molecule has 1 fully saturated rings. The SMILES string of the molecule is CC(C)Sc1ccc([C@H](C)NC(=O)N2CCC(C(N)=O)CC2)cc1. The van der Waals surface area contributed by atoms with E-state index in [9.17, 15) is 9.59 Å². The summed E-state index contributed by atoms with van der Waals surface area (Å²) in [5, 5.41) is 3.59. The minimum Gasteiger partial charge on any atom is -0.369 e. The van der Waals surface area contributed by atoms with E-state index in [1.165, 1.54) is 4.90 Å². The van der Waals surface area contributed by atoms with Crippen molar-refractivity contribution >= 4 is 23.7 Å². The van der Waals surface area contributed by atoms with Crippen LogP contribution in [0.5, 0.6) is 0 Å². The van der Waals surface area contributed by atoms with Gasteiger partial charge in [-0.05, 0) is 37.5 Å². The number of carbonyl (C=O) groups excluding carboxylic acids is 2. The molecule has 0 aliphatic carbocycles. The molecule has 132 valence electrons. The second kappa shape index (κ2) is 8.42. The van der Waals surface area contributed by atoms with Crippen LogP contribution in [0.1, 0.15) is 45.2 Å². The fraction of sp³-hybridized carbons (Fsp3) is 0.556. The van der Waals surface area contributed by atoms with Crippen LogP contribution in [0.4, 0.5) is 4.79 Å². The molecule has 0 radical (unpaired) electrons. The van der Waals surface area contributed by atoms with Gasteiger partial charge in [0.05, 0.1) is 6.04 Å². The third-order valence-electron chi connectivity index (χ3n) is 4.28. The van der Waals surface area contributed by atoms with Crippen molar-refractivity contribution in [3.63, 3.8) is 0 Å². The van der Waals surface area contributed by atoms with Crippen LogP contribution in [0, 0.1) is 5.92 Å². The lowest BCUT2D eigenvalue weighted by molar-refractivity contribution is -0.123. The molecule has 3 amide bonds. The predicted octanol–water partition coefficient (Wildman–Crippen LogP) is 3.16. The summed E-state index contributed by atoms with van der Waals surface area (Å²) in [4.78, 5) is 26.6. The summed E-state index contributed by atoms with van der Waals surface area (Å²) in [6.07, 6.45) is 1.30. The monoisotopic (exact) mass is 349 g/mol. The third-order valence-corrected chi connectivity index (χ3v) is 5.29. The minimum atomic E-state index is -0.261. The normalized spacial score (nSPS) is 16.9. The molecule has 6 heteroatoms. The van der Waals surface area contributed by atoms with Gasteiger partial charge >= 0.3 is 6.03 Å². The summed E-state index contributed by atoms with van der Waals surface area (Å²) in [5.74, 6) is -0.361. The van der Waals surface area contributed by atoms with E-state index in [-0.39, 0.29) is 23.9 Å². The molecule has 0 bridgehead atoms. The van der Waals surface area contributed by atoms with Gasteiger partial charge in [-0.15, -0.1) is 11.8 Å². The standard InChI is InChI=1S/C18H27N3O2S/c1-12(2)24-16-6-4-14(5-7-16)13(3)20-18(23)21-10-8-15(9-11-21)17(19)22/h4-7,12-13,15H,8-11H2,1-3H3,(H2,19,22)(H,20,23)/t13-/m0/s1. The second-order valence-electron chi connectivity index (χ2n) is 6.57. The smallest absolute Gasteiger partial charge is 0.317 e. The Hall–Kier alpha value is -1.69. The van der Waals surface area contributed by atoms with E-state index in [1.54, 1.807) is 4.90 Å². The van der Waals surface area contributed by atoms with E-state index in [1.807, 2.05) is 18.7 Å². The quantitative estimate of drug-likeness (QED) is 0.802. The van der Waals surface area contributed by atoms with Gasteiger partial charge < -0.3 is 16.0 Å². The van der Waals surface area contributed by atoms with Crippen molar-refractivity contribution in [1.82, 2.24) is 10.2 Å². The van der Waals surface area contributed by atoms with Gasteiger partial charge in [-0.1, -0.05) is 26.0 Å². The number of hydrogen-bond acceptors (Lipinski definition) is 3. The summed E-state index contributed by atoms with van der Waals surface area (Å²) in [5.41, 5.74) is 6.41. The van der Waals surface area contributed by atoms with Crippen LogP contribution in [0.2, 0.25) is 0 Å². The number of thioether (sulfide) groups is 1. The van der Waals surface area contributed by atoms with E-state index in [2.05, 4.69) is 43.4 Å². The molecular formula is C18H27N3O2S. The number of benzene rings is 1. The first-order valence-electron chi connectivity index (χ1n) is 8.48. The molecule has 0 unspecified atom stereocenters. The Morgan fingerprint density at radius 1 is 1.17 bits per heavy atom. The number of carbonyl (C=O) groups is 2. The summed E-state index contributed by atoms with van der Waals surface area (Å²) < 4.78 is 0. The highest BCUT2D eigenvalue weighted by atomic mass is 32.2. The van der Waals surface area contributed by atoms with E-state index in [4.69, 9.17) is 5.73 Å². The molecule has 1 atom stereocenters. The number of nitrogens with zero attached hydrogens (tertiary/aromatic N) is 1.